The molecule has 1 amide bonds. The minimum atomic E-state index is -0.537. The van der Waals surface area contributed by atoms with Gasteiger partial charge < -0.3 is 26.0 Å². The maximum absolute atomic E-state index is 15.4. The van der Waals surface area contributed by atoms with Gasteiger partial charge in [-0.15, -0.1) is 0 Å². The van der Waals surface area contributed by atoms with Crippen molar-refractivity contribution in [3.8, 4) is 17.0 Å². The first kappa shape index (κ1) is 23.9. The second-order valence-electron chi connectivity index (χ2n) is 9.65. The number of carbonyl (C=O) groups excluding carboxylic acids is 1. The number of benzene rings is 2. The van der Waals surface area contributed by atoms with Gasteiger partial charge in [-0.2, -0.15) is 0 Å². The fourth-order valence-electron chi connectivity index (χ4n) is 5.33. The van der Waals surface area contributed by atoms with Gasteiger partial charge in [0.15, 0.2) is 5.82 Å². The van der Waals surface area contributed by atoms with E-state index in [1.807, 2.05) is 36.1 Å². The van der Waals surface area contributed by atoms with Crippen molar-refractivity contribution < 1.29 is 13.9 Å². The Kier molecular flexibility index (Phi) is 5.94. The van der Waals surface area contributed by atoms with Gasteiger partial charge in [0, 0.05) is 54.6 Å². The highest BCUT2D eigenvalue weighted by Crippen LogP contribution is 2.39. The molecule has 2 aliphatic rings. The van der Waals surface area contributed by atoms with E-state index in [4.69, 9.17) is 10.5 Å². The molecule has 1 saturated heterocycles. The van der Waals surface area contributed by atoms with Crippen LogP contribution in [0.2, 0.25) is 0 Å². The summed E-state index contributed by atoms with van der Waals surface area (Å²) in [6.07, 6.45) is 5.09. The fraction of sp³-hybridized carbons (Fsp3) is 0.286. The summed E-state index contributed by atoms with van der Waals surface area (Å²) in [5.74, 6) is 0.433. The Morgan fingerprint density at radius 2 is 2.03 bits per heavy atom. The summed E-state index contributed by atoms with van der Waals surface area (Å²) in [6.45, 7) is 5.49. The standard InChI is InChI=1S/C28H28FN7O2/c1-15-20(13-32-27-26(15)31-9-11-38-27)19-12-22-21(25(30)24(19)29)14-33-28(35-22)34-18-7-5-17(6-8-18)23-4-3-10-36(23)16(2)37/h5-8,12-14,23,31H,3-4,9-11,30H2,1-2H3,(H,33,34,35)/t23-/m0/s1. The molecule has 1 atom stereocenters. The molecule has 2 aromatic carbocycles. The van der Waals surface area contributed by atoms with Crippen LogP contribution in [0, 0.1) is 12.7 Å². The molecule has 0 saturated carbocycles. The molecule has 0 aliphatic carbocycles. The van der Waals surface area contributed by atoms with E-state index >= 15 is 4.39 Å². The van der Waals surface area contributed by atoms with Crippen LogP contribution in [0.4, 0.5) is 27.4 Å². The monoisotopic (exact) mass is 513 g/mol. The third-order valence-corrected chi connectivity index (χ3v) is 7.31. The van der Waals surface area contributed by atoms with Gasteiger partial charge in [-0.1, -0.05) is 12.1 Å². The Balaban J connectivity index is 1.31. The van der Waals surface area contributed by atoms with E-state index in [0.29, 0.717) is 47.0 Å². The van der Waals surface area contributed by atoms with Crippen molar-refractivity contribution in [2.24, 2.45) is 0 Å². The number of ether oxygens (including phenoxy) is 1. The highest BCUT2D eigenvalue weighted by atomic mass is 19.1. The molecule has 0 spiro atoms. The number of nitrogens with zero attached hydrogens (tertiary/aromatic N) is 4. The van der Waals surface area contributed by atoms with E-state index in [0.717, 1.165) is 41.9 Å². The van der Waals surface area contributed by atoms with E-state index in [-0.39, 0.29) is 17.6 Å². The fourth-order valence-corrected chi connectivity index (χ4v) is 5.33. The normalized spacial score (nSPS) is 16.6. The summed E-state index contributed by atoms with van der Waals surface area (Å²) in [4.78, 5) is 27.2. The van der Waals surface area contributed by atoms with Crippen LogP contribution < -0.4 is 21.1 Å². The summed E-state index contributed by atoms with van der Waals surface area (Å²) in [6, 6.07) is 9.71. The van der Waals surface area contributed by atoms with Crippen LogP contribution >= 0.6 is 0 Å². The lowest BCUT2D eigenvalue weighted by Gasteiger charge is -2.23. The molecule has 0 radical (unpaired) electrons. The molecule has 6 rings (SSSR count). The molecule has 1 fully saturated rings. The SMILES string of the molecule is CC(=O)N1CCC[C@H]1c1ccc(Nc2ncc3c(N)c(F)c(-c4cnc5c(c4C)NCCO5)cc3n2)cc1. The summed E-state index contributed by atoms with van der Waals surface area (Å²) < 4.78 is 21.0. The van der Waals surface area contributed by atoms with Crippen molar-refractivity contribution in [1.29, 1.82) is 0 Å². The van der Waals surface area contributed by atoms with Crippen molar-refractivity contribution in [1.82, 2.24) is 19.9 Å². The second-order valence-corrected chi connectivity index (χ2v) is 9.65. The molecule has 4 aromatic rings. The van der Waals surface area contributed by atoms with Gasteiger partial charge in [-0.05, 0) is 49.1 Å². The largest absolute Gasteiger partial charge is 0.474 e. The average molecular weight is 514 g/mol. The highest BCUT2D eigenvalue weighted by molar-refractivity contribution is 5.96. The van der Waals surface area contributed by atoms with Gasteiger partial charge >= 0.3 is 0 Å². The number of nitrogens with two attached hydrogens (primary N) is 1. The number of carbonyl (C=O) groups is 1. The number of nitrogen functional groups attached to an aromatic ring is 1. The van der Waals surface area contributed by atoms with Crippen molar-refractivity contribution in [2.45, 2.75) is 32.7 Å². The lowest BCUT2D eigenvalue weighted by atomic mass is 9.98. The molecule has 2 aliphatic heterocycles. The summed E-state index contributed by atoms with van der Waals surface area (Å²) in [5.41, 5.74) is 11.1. The average Bonchev–Trinajstić information content (AvgIpc) is 3.42. The predicted octanol–water partition coefficient (Wildman–Crippen LogP) is 4.95. The molecule has 10 heteroatoms. The van der Waals surface area contributed by atoms with E-state index in [2.05, 4.69) is 25.6 Å². The molecular formula is C28H28FN7O2. The minimum Gasteiger partial charge on any atom is -0.474 e. The number of hydrogen-bond donors (Lipinski definition) is 3. The maximum atomic E-state index is 15.4. The highest BCUT2D eigenvalue weighted by Gasteiger charge is 2.27. The maximum Gasteiger partial charge on any atom is 0.237 e. The molecule has 2 aromatic heterocycles. The number of amides is 1. The summed E-state index contributed by atoms with van der Waals surface area (Å²) >= 11 is 0. The first-order valence-corrected chi connectivity index (χ1v) is 12.7. The molecule has 0 bridgehead atoms. The zero-order valence-electron chi connectivity index (χ0n) is 21.2. The van der Waals surface area contributed by atoms with Gasteiger partial charge in [0.1, 0.15) is 12.3 Å². The van der Waals surface area contributed by atoms with Crippen molar-refractivity contribution in [2.75, 3.05) is 36.1 Å². The number of halogens is 1. The van der Waals surface area contributed by atoms with E-state index in [9.17, 15) is 4.79 Å². The topological polar surface area (TPSA) is 118 Å². The predicted molar refractivity (Wildman–Crippen MR) is 145 cm³/mol. The van der Waals surface area contributed by atoms with Crippen molar-refractivity contribution >= 4 is 39.8 Å². The zero-order chi connectivity index (χ0) is 26.4. The first-order valence-electron chi connectivity index (χ1n) is 12.7. The molecule has 194 valence electrons. The van der Waals surface area contributed by atoms with Crippen molar-refractivity contribution in [3.63, 3.8) is 0 Å². The summed E-state index contributed by atoms with van der Waals surface area (Å²) in [7, 11) is 0. The molecule has 38 heavy (non-hydrogen) atoms. The Morgan fingerprint density at radius 1 is 1.21 bits per heavy atom. The van der Waals surface area contributed by atoms with Gasteiger partial charge in [-0.25, -0.2) is 19.3 Å². The van der Waals surface area contributed by atoms with Gasteiger partial charge in [-0.3, -0.25) is 4.79 Å². The molecule has 9 nitrogen and oxygen atoms in total. The van der Waals surface area contributed by atoms with Crippen LogP contribution in [-0.2, 0) is 4.79 Å². The van der Waals surface area contributed by atoms with Crippen molar-refractivity contribution in [3.05, 3.63) is 59.7 Å². The van der Waals surface area contributed by atoms with Crippen LogP contribution in [0.15, 0.2) is 42.7 Å². The number of nitrogens with one attached hydrogen (secondary N) is 2. The summed E-state index contributed by atoms with van der Waals surface area (Å²) in [5, 5.41) is 6.93. The minimum absolute atomic E-state index is 0.0127. The number of rotatable bonds is 4. The van der Waals surface area contributed by atoms with Crippen LogP contribution in [-0.4, -0.2) is 45.5 Å². The number of likely N-dealkylation sites (tertiary alicyclic amines) is 1. The second kappa shape index (κ2) is 9.44. The van der Waals surface area contributed by atoms with Gasteiger partial charge in [0.25, 0.3) is 0 Å². The third kappa shape index (κ3) is 4.11. The van der Waals surface area contributed by atoms with E-state index in [1.54, 1.807) is 19.2 Å². The first-order chi connectivity index (χ1) is 18.4. The van der Waals surface area contributed by atoms with E-state index in [1.165, 1.54) is 6.20 Å². The Labute approximate surface area is 219 Å². The van der Waals surface area contributed by atoms with Crippen LogP contribution in [0.5, 0.6) is 5.88 Å². The number of hydrogen-bond acceptors (Lipinski definition) is 8. The number of aromatic nitrogens is 3. The Bertz CT molecular complexity index is 1560. The van der Waals surface area contributed by atoms with Gasteiger partial charge in [0.2, 0.25) is 17.7 Å². The molecular weight excluding hydrogens is 485 g/mol. The van der Waals surface area contributed by atoms with Gasteiger partial charge in [0.05, 0.1) is 17.2 Å². The van der Waals surface area contributed by atoms with Crippen LogP contribution in [0.1, 0.15) is 36.9 Å². The lowest BCUT2D eigenvalue weighted by Crippen LogP contribution is -2.27. The van der Waals surface area contributed by atoms with Crippen LogP contribution in [0.3, 0.4) is 0 Å². The number of fused-ring (bicyclic) bond motifs is 2. The number of anilines is 4. The Morgan fingerprint density at radius 3 is 2.82 bits per heavy atom. The molecule has 4 heterocycles. The lowest BCUT2D eigenvalue weighted by molar-refractivity contribution is -0.129. The molecule has 0 unspecified atom stereocenters. The smallest absolute Gasteiger partial charge is 0.237 e. The number of pyridine rings is 1. The quantitative estimate of drug-likeness (QED) is 0.328. The zero-order valence-corrected chi connectivity index (χ0v) is 21.2. The molecule has 4 N–H and O–H groups in total. The Hall–Kier alpha value is -4.47. The van der Waals surface area contributed by atoms with Crippen LogP contribution in [0.25, 0.3) is 22.0 Å². The van der Waals surface area contributed by atoms with E-state index < -0.39 is 5.82 Å². The third-order valence-electron chi connectivity index (χ3n) is 7.31.